The molecule has 0 aliphatic heterocycles. The number of hydrogen-bond donors (Lipinski definition) is 2. The van der Waals surface area contributed by atoms with Crippen molar-refractivity contribution in [1.82, 2.24) is 0 Å². The highest BCUT2D eigenvalue weighted by Gasteiger charge is 2.17. The molecule has 0 aliphatic carbocycles. The first-order chi connectivity index (χ1) is 14.2. The van der Waals surface area contributed by atoms with Gasteiger partial charge in [0.05, 0.1) is 9.92 Å². The number of anilines is 2. The number of rotatable bonds is 7. The molecule has 3 aromatic rings. The number of benzene rings is 3. The minimum absolute atomic E-state index is 0.0232. The van der Waals surface area contributed by atoms with Crippen LogP contribution in [0.2, 0.25) is 10.0 Å². The van der Waals surface area contributed by atoms with Crippen molar-refractivity contribution in [2.75, 3.05) is 16.6 Å². The lowest BCUT2D eigenvalue weighted by Gasteiger charge is -2.12. The number of halogens is 2. The zero-order chi connectivity index (χ0) is 21.7. The Morgan fingerprint density at radius 2 is 1.73 bits per heavy atom. The Bertz CT molecular complexity index is 1170. The number of carbonyl (C=O) groups excluding carboxylic acids is 1. The normalized spacial score (nSPS) is 11.0. The van der Waals surface area contributed by atoms with E-state index >= 15 is 0 Å². The SMILES string of the molecule is Cc1cc(Cl)ccc1NC(=O)COc1ccc(S(=O)(=O)Nc2ccccc2)cc1Cl. The number of sulfonamides is 1. The van der Waals surface area contributed by atoms with Gasteiger partial charge in [0, 0.05) is 16.4 Å². The topological polar surface area (TPSA) is 84.5 Å². The molecule has 0 radical (unpaired) electrons. The second-order valence-corrected chi connectivity index (χ2v) is 8.89. The molecule has 1 amide bonds. The molecule has 0 atom stereocenters. The van der Waals surface area contributed by atoms with Gasteiger partial charge in [0.25, 0.3) is 15.9 Å². The summed E-state index contributed by atoms with van der Waals surface area (Å²) in [5, 5.41) is 3.36. The first-order valence-electron chi connectivity index (χ1n) is 8.81. The zero-order valence-corrected chi connectivity index (χ0v) is 18.2. The molecule has 3 rings (SSSR count). The van der Waals surface area contributed by atoms with Crippen LogP contribution in [0.4, 0.5) is 11.4 Å². The van der Waals surface area contributed by atoms with Crippen LogP contribution in [0.15, 0.2) is 71.6 Å². The molecule has 9 heteroatoms. The molecule has 0 fully saturated rings. The molecule has 0 saturated heterocycles. The zero-order valence-electron chi connectivity index (χ0n) is 15.9. The van der Waals surface area contributed by atoms with Gasteiger partial charge < -0.3 is 10.1 Å². The van der Waals surface area contributed by atoms with Gasteiger partial charge >= 0.3 is 0 Å². The molecule has 6 nitrogen and oxygen atoms in total. The Morgan fingerprint density at radius 1 is 1.00 bits per heavy atom. The van der Waals surface area contributed by atoms with E-state index in [9.17, 15) is 13.2 Å². The smallest absolute Gasteiger partial charge is 0.262 e. The van der Waals surface area contributed by atoms with Gasteiger partial charge in [-0.15, -0.1) is 0 Å². The summed E-state index contributed by atoms with van der Waals surface area (Å²) in [6, 6.07) is 17.6. The largest absolute Gasteiger partial charge is 0.482 e. The maximum atomic E-state index is 12.5. The van der Waals surface area contributed by atoms with E-state index in [2.05, 4.69) is 10.0 Å². The summed E-state index contributed by atoms with van der Waals surface area (Å²) in [6.07, 6.45) is 0. The Hall–Kier alpha value is -2.74. The first-order valence-corrected chi connectivity index (χ1v) is 11.0. The van der Waals surface area contributed by atoms with Crippen molar-refractivity contribution >= 4 is 50.5 Å². The van der Waals surface area contributed by atoms with Crippen LogP contribution in [-0.4, -0.2) is 20.9 Å². The highest BCUT2D eigenvalue weighted by atomic mass is 35.5. The highest BCUT2D eigenvalue weighted by Crippen LogP contribution is 2.28. The maximum absolute atomic E-state index is 12.5. The van der Waals surface area contributed by atoms with Crippen molar-refractivity contribution in [3.05, 3.63) is 82.3 Å². The molecule has 0 unspecified atom stereocenters. The van der Waals surface area contributed by atoms with Gasteiger partial charge in [-0.25, -0.2) is 8.42 Å². The van der Waals surface area contributed by atoms with Crippen LogP contribution in [0.3, 0.4) is 0 Å². The second-order valence-electron chi connectivity index (χ2n) is 6.36. The predicted octanol–water partition coefficient (Wildman–Crippen LogP) is 5.12. The van der Waals surface area contributed by atoms with E-state index in [4.69, 9.17) is 27.9 Å². The molecule has 0 aromatic heterocycles. The van der Waals surface area contributed by atoms with Gasteiger partial charge in [0.1, 0.15) is 5.75 Å². The van der Waals surface area contributed by atoms with E-state index in [1.165, 1.54) is 18.2 Å². The Balaban J connectivity index is 1.64. The molecule has 156 valence electrons. The predicted molar refractivity (Wildman–Crippen MR) is 119 cm³/mol. The van der Waals surface area contributed by atoms with Crippen molar-refractivity contribution in [1.29, 1.82) is 0 Å². The third-order valence-electron chi connectivity index (χ3n) is 4.06. The molecule has 0 heterocycles. The van der Waals surface area contributed by atoms with Crippen molar-refractivity contribution in [2.24, 2.45) is 0 Å². The summed E-state index contributed by atoms with van der Waals surface area (Å²) < 4.78 is 32.9. The Morgan fingerprint density at radius 3 is 2.40 bits per heavy atom. The number of hydrogen-bond acceptors (Lipinski definition) is 4. The Labute approximate surface area is 184 Å². The van der Waals surface area contributed by atoms with Crippen LogP contribution in [0, 0.1) is 6.92 Å². The van der Waals surface area contributed by atoms with E-state index in [-0.39, 0.29) is 28.2 Å². The van der Waals surface area contributed by atoms with Crippen LogP contribution in [0.25, 0.3) is 0 Å². The molecular formula is C21H18Cl2N2O4S. The molecule has 0 spiro atoms. The van der Waals surface area contributed by atoms with E-state index in [0.717, 1.165) is 5.56 Å². The molecular weight excluding hydrogens is 447 g/mol. The third-order valence-corrected chi connectivity index (χ3v) is 5.97. The average Bonchev–Trinajstić information content (AvgIpc) is 2.69. The number of amides is 1. The second kappa shape index (κ2) is 9.38. The van der Waals surface area contributed by atoms with E-state index in [1.807, 2.05) is 6.92 Å². The highest BCUT2D eigenvalue weighted by molar-refractivity contribution is 7.92. The fourth-order valence-electron chi connectivity index (χ4n) is 2.58. The van der Waals surface area contributed by atoms with Gasteiger partial charge in [-0.2, -0.15) is 0 Å². The summed E-state index contributed by atoms with van der Waals surface area (Å²) in [6.45, 7) is 1.53. The molecule has 2 N–H and O–H groups in total. The van der Waals surface area contributed by atoms with Crippen LogP contribution >= 0.6 is 23.2 Å². The number of aryl methyl sites for hydroxylation is 1. The number of nitrogens with one attached hydrogen (secondary N) is 2. The van der Waals surface area contributed by atoms with Crippen molar-refractivity contribution in [2.45, 2.75) is 11.8 Å². The quantitative estimate of drug-likeness (QED) is 0.507. The van der Waals surface area contributed by atoms with Gasteiger partial charge in [0.15, 0.2) is 6.61 Å². The van der Waals surface area contributed by atoms with Gasteiger partial charge in [-0.3, -0.25) is 9.52 Å². The molecule has 0 saturated carbocycles. The van der Waals surface area contributed by atoms with Crippen LogP contribution in [0.1, 0.15) is 5.56 Å². The van der Waals surface area contributed by atoms with Crippen molar-refractivity contribution < 1.29 is 17.9 Å². The number of carbonyl (C=O) groups is 1. The minimum atomic E-state index is -3.81. The number of ether oxygens (including phenoxy) is 1. The van der Waals surface area contributed by atoms with Crippen molar-refractivity contribution in [3.8, 4) is 5.75 Å². The molecule has 0 bridgehead atoms. The molecule has 0 aliphatic rings. The summed E-state index contributed by atoms with van der Waals surface area (Å²) >= 11 is 12.1. The molecule has 3 aromatic carbocycles. The van der Waals surface area contributed by atoms with E-state index in [0.29, 0.717) is 16.4 Å². The lowest BCUT2D eigenvalue weighted by Crippen LogP contribution is -2.20. The summed E-state index contributed by atoms with van der Waals surface area (Å²) in [4.78, 5) is 12.1. The van der Waals surface area contributed by atoms with Crippen LogP contribution in [0.5, 0.6) is 5.75 Å². The van der Waals surface area contributed by atoms with E-state index in [1.54, 1.807) is 48.5 Å². The van der Waals surface area contributed by atoms with Crippen LogP contribution < -0.4 is 14.8 Å². The van der Waals surface area contributed by atoms with Gasteiger partial charge in [-0.05, 0) is 61.0 Å². The summed E-state index contributed by atoms with van der Waals surface area (Å²) in [5.41, 5.74) is 1.87. The van der Waals surface area contributed by atoms with Crippen LogP contribution in [-0.2, 0) is 14.8 Å². The number of para-hydroxylation sites is 1. The van der Waals surface area contributed by atoms with Gasteiger partial charge in [-0.1, -0.05) is 41.4 Å². The molecule has 30 heavy (non-hydrogen) atoms. The van der Waals surface area contributed by atoms with Gasteiger partial charge in [0.2, 0.25) is 0 Å². The maximum Gasteiger partial charge on any atom is 0.262 e. The Kier molecular flexibility index (Phi) is 6.87. The lowest BCUT2D eigenvalue weighted by atomic mass is 10.2. The fraction of sp³-hybridized carbons (Fsp3) is 0.0952. The van der Waals surface area contributed by atoms with Crippen molar-refractivity contribution in [3.63, 3.8) is 0 Å². The minimum Gasteiger partial charge on any atom is -0.482 e. The summed E-state index contributed by atoms with van der Waals surface area (Å²) in [5.74, 6) is -0.197. The standard InChI is InChI=1S/C21H18Cl2N2O4S/c1-14-11-15(22)7-9-19(14)24-21(26)13-29-20-10-8-17(12-18(20)23)30(27,28)25-16-5-3-2-4-6-16/h2-12,25H,13H2,1H3,(H,24,26). The summed E-state index contributed by atoms with van der Waals surface area (Å²) in [7, 11) is -3.81. The lowest BCUT2D eigenvalue weighted by molar-refractivity contribution is -0.118. The monoisotopic (exact) mass is 464 g/mol. The third kappa shape index (κ3) is 5.66. The first kappa shape index (κ1) is 22.0. The average molecular weight is 465 g/mol. The van der Waals surface area contributed by atoms with E-state index < -0.39 is 10.0 Å². The fourth-order valence-corrected chi connectivity index (χ4v) is 4.19.